The molecule has 1 aliphatic rings. The van der Waals surface area contributed by atoms with Crippen LogP contribution in [-0.4, -0.2) is 25.7 Å². The number of aryl methyl sites for hydroxylation is 1. The third-order valence-electron chi connectivity index (χ3n) is 4.27. The molecule has 1 aromatic rings. The molecule has 2 unspecified atom stereocenters. The molecule has 0 bridgehead atoms. The number of benzene rings is 1. The molecular weight excluding hydrogens is 276 g/mol. The normalized spacial score (nSPS) is 25.2. The van der Waals surface area contributed by atoms with Gasteiger partial charge in [0.05, 0.1) is 11.0 Å². The van der Waals surface area contributed by atoms with Gasteiger partial charge >= 0.3 is 0 Å². The number of hydrogen-bond donors (Lipinski definition) is 3. The van der Waals surface area contributed by atoms with Gasteiger partial charge < -0.3 is 10.8 Å². The van der Waals surface area contributed by atoms with Crippen molar-refractivity contribution in [2.24, 2.45) is 5.41 Å². The highest BCUT2D eigenvalue weighted by atomic mass is 32.2. The number of aliphatic hydroxyl groups excluding tert-OH is 1. The van der Waals surface area contributed by atoms with Crippen LogP contribution in [0.1, 0.15) is 32.8 Å². The Morgan fingerprint density at radius 3 is 2.60 bits per heavy atom. The molecule has 0 spiro atoms. The Labute approximate surface area is 120 Å². The van der Waals surface area contributed by atoms with E-state index in [2.05, 4.69) is 4.72 Å². The minimum absolute atomic E-state index is 0.234. The number of rotatable bonds is 4. The number of aliphatic hydroxyl groups is 1. The molecular formula is C14H22N2O3S. The van der Waals surface area contributed by atoms with Crippen LogP contribution in [0, 0.1) is 5.41 Å². The standard InChI is InChI=1S/C14H22N2O3S/c1-4-9-5-6-10(15)7-11(9)20(18,19)16-12-8-13(17)14(12,2)3/h5-7,12-13,16-17H,4,8,15H2,1-3H3. The highest BCUT2D eigenvalue weighted by molar-refractivity contribution is 7.89. The van der Waals surface area contributed by atoms with E-state index in [-0.39, 0.29) is 10.9 Å². The predicted molar refractivity (Wildman–Crippen MR) is 78.7 cm³/mol. The number of nitrogens with two attached hydrogens (primary N) is 1. The molecule has 1 aliphatic carbocycles. The van der Waals surface area contributed by atoms with Gasteiger partial charge in [-0.15, -0.1) is 0 Å². The molecule has 4 N–H and O–H groups in total. The van der Waals surface area contributed by atoms with Gasteiger partial charge in [-0.2, -0.15) is 0 Å². The maximum atomic E-state index is 12.5. The zero-order chi connectivity index (χ0) is 15.1. The molecule has 20 heavy (non-hydrogen) atoms. The van der Waals surface area contributed by atoms with Crippen molar-refractivity contribution in [2.75, 3.05) is 5.73 Å². The van der Waals surface area contributed by atoms with Crippen LogP contribution in [0.5, 0.6) is 0 Å². The van der Waals surface area contributed by atoms with Crippen molar-refractivity contribution in [1.29, 1.82) is 0 Å². The third-order valence-corrected chi connectivity index (χ3v) is 5.83. The van der Waals surface area contributed by atoms with Gasteiger partial charge in [0.15, 0.2) is 0 Å². The summed E-state index contributed by atoms with van der Waals surface area (Å²) in [6.07, 6.45) is 0.588. The molecule has 2 rings (SSSR count). The summed E-state index contributed by atoms with van der Waals surface area (Å²) in [6.45, 7) is 5.62. The van der Waals surface area contributed by atoms with Gasteiger partial charge in [0.1, 0.15) is 0 Å². The van der Waals surface area contributed by atoms with Crippen molar-refractivity contribution in [3.05, 3.63) is 23.8 Å². The van der Waals surface area contributed by atoms with Gasteiger partial charge in [-0.05, 0) is 30.5 Å². The number of nitrogens with one attached hydrogen (secondary N) is 1. The van der Waals surface area contributed by atoms with Crippen LogP contribution >= 0.6 is 0 Å². The van der Waals surface area contributed by atoms with Gasteiger partial charge in [-0.25, -0.2) is 13.1 Å². The fourth-order valence-corrected chi connectivity index (χ4v) is 4.22. The predicted octanol–water partition coefficient (Wildman–Crippen LogP) is 1.27. The molecule has 112 valence electrons. The van der Waals surface area contributed by atoms with Crippen LogP contribution in [0.3, 0.4) is 0 Å². The smallest absolute Gasteiger partial charge is 0.241 e. The van der Waals surface area contributed by atoms with Crippen LogP contribution in [-0.2, 0) is 16.4 Å². The molecule has 5 nitrogen and oxygen atoms in total. The molecule has 1 saturated carbocycles. The molecule has 0 aliphatic heterocycles. The minimum Gasteiger partial charge on any atom is -0.399 e. The second-order valence-electron chi connectivity index (χ2n) is 5.97. The lowest BCUT2D eigenvalue weighted by Crippen LogP contribution is -2.61. The maximum Gasteiger partial charge on any atom is 0.241 e. The molecule has 6 heteroatoms. The topological polar surface area (TPSA) is 92.4 Å². The van der Waals surface area contributed by atoms with Gasteiger partial charge in [0, 0.05) is 17.1 Å². The minimum atomic E-state index is -3.62. The van der Waals surface area contributed by atoms with Crippen molar-refractivity contribution >= 4 is 15.7 Å². The van der Waals surface area contributed by atoms with Crippen molar-refractivity contribution in [3.8, 4) is 0 Å². The Balaban J connectivity index is 2.30. The summed E-state index contributed by atoms with van der Waals surface area (Å²) in [5, 5.41) is 9.70. The first-order valence-electron chi connectivity index (χ1n) is 6.77. The zero-order valence-electron chi connectivity index (χ0n) is 12.1. The summed E-state index contributed by atoms with van der Waals surface area (Å²) in [5.41, 5.74) is 6.42. The third kappa shape index (κ3) is 2.55. The van der Waals surface area contributed by atoms with Crippen LogP contribution < -0.4 is 10.5 Å². The van der Waals surface area contributed by atoms with E-state index in [1.54, 1.807) is 12.1 Å². The summed E-state index contributed by atoms with van der Waals surface area (Å²) in [5.74, 6) is 0. The van der Waals surface area contributed by atoms with E-state index < -0.39 is 21.5 Å². The number of sulfonamides is 1. The average Bonchev–Trinajstić information content (AvgIpc) is 2.38. The molecule has 0 heterocycles. The number of anilines is 1. The second kappa shape index (κ2) is 5.02. The van der Waals surface area contributed by atoms with Crippen molar-refractivity contribution in [3.63, 3.8) is 0 Å². The quantitative estimate of drug-likeness (QED) is 0.730. The highest BCUT2D eigenvalue weighted by Gasteiger charge is 2.49. The van der Waals surface area contributed by atoms with E-state index in [4.69, 9.17) is 5.73 Å². The number of nitrogen functional groups attached to an aromatic ring is 1. The molecule has 1 fully saturated rings. The van der Waals surface area contributed by atoms with Gasteiger partial charge in [0.25, 0.3) is 0 Å². The van der Waals surface area contributed by atoms with E-state index >= 15 is 0 Å². The van der Waals surface area contributed by atoms with Crippen molar-refractivity contribution in [1.82, 2.24) is 4.72 Å². The van der Waals surface area contributed by atoms with E-state index in [0.717, 1.165) is 5.56 Å². The Kier molecular flexibility index (Phi) is 3.83. The Morgan fingerprint density at radius 1 is 1.45 bits per heavy atom. The van der Waals surface area contributed by atoms with Crippen molar-refractivity contribution < 1.29 is 13.5 Å². The van der Waals surface area contributed by atoms with Gasteiger partial charge in [0.2, 0.25) is 10.0 Å². The summed E-state index contributed by atoms with van der Waals surface area (Å²) < 4.78 is 27.7. The second-order valence-corrected chi connectivity index (χ2v) is 7.65. The van der Waals surface area contributed by atoms with Crippen LogP contribution in [0.2, 0.25) is 0 Å². The van der Waals surface area contributed by atoms with E-state index in [1.807, 2.05) is 20.8 Å². The molecule has 0 saturated heterocycles. The summed E-state index contributed by atoms with van der Waals surface area (Å²) >= 11 is 0. The molecule has 2 atom stereocenters. The SMILES string of the molecule is CCc1ccc(N)cc1S(=O)(=O)NC1CC(O)C1(C)C. The van der Waals surface area contributed by atoms with Crippen LogP contribution in [0.25, 0.3) is 0 Å². The molecule has 0 radical (unpaired) electrons. The van der Waals surface area contributed by atoms with E-state index in [9.17, 15) is 13.5 Å². The van der Waals surface area contributed by atoms with Gasteiger partial charge in [-0.3, -0.25) is 0 Å². The van der Waals surface area contributed by atoms with Crippen molar-refractivity contribution in [2.45, 2.75) is 50.7 Å². The summed E-state index contributed by atoms with van der Waals surface area (Å²) in [6, 6.07) is 4.68. The Morgan fingerprint density at radius 2 is 2.10 bits per heavy atom. The van der Waals surface area contributed by atoms with E-state index in [0.29, 0.717) is 18.5 Å². The Bertz CT molecular complexity index is 611. The van der Waals surface area contributed by atoms with Crippen LogP contribution in [0.15, 0.2) is 23.1 Å². The molecule has 1 aromatic carbocycles. The highest BCUT2D eigenvalue weighted by Crippen LogP contribution is 2.41. The zero-order valence-corrected chi connectivity index (χ0v) is 12.9. The summed E-state index contributed by atoms with van der Waals surface area (Å²) in [4.78, 5) is 0.234. The summed E-state index contributed by atoms with van der Waals surface area (Å²) in [7, 11) is -3.62. The average molecular weight is 298 g/mol. The molecule has 0 aromatic heterocycles. The first-order valence-corrected chi connectivity index (χ1v) is 8.25. The first kappa shape index (κ1) is 15.3. The maximum absolute atomic E-state index is 12.5. The lowest BCUT2D eigenvalue weighted by atomic mass is 9.65. The fourth-order valence-electron chi connectivity index (χ4n) is 2.47. The Hall–Kier alpha value is -1.11. The van der Waals surface area contributed by atoms with Crippen LogP contribution in [0.4, 0.5) is 5.69 Å². The lowest BCUT2D eigenvalue weighted by molar-refractivity contribution is -0.0645. The lowest BCUT2D eigenvalue weighted by Gasteiger charge is -2.49. The number of hydrogen-bond acceptors (Lipinski definition) is 4. The fraction of sp³-hybridized carbons (Fsp3) is 0.571. The van der Waals surface area contributed by atoms with Gasteiger partial charge in [-0.1, -0.05) is 26.8 Å². The monoisotopic (exact) mass is 298 g/mol. The molecule has 0 amide bonds. The first-order chi connectivity index (χ1) is 9.18. The van der Waals surface area contributed by atoms with E-state index in [1.165, 1.54) is 6.07 Å². The largest absolute Gasteiger partial charge is 0.399 e.